The molecule has 2 aromatic rings. The van der Waals surface area contributed by atoms with Crippen LogP contribution in [0.5, 0.6) is 0 Å². The van der Waals surface area contributed by atoms with Crippen LogP contribution in [0, 0.1) is 12.7 Å². The number of aryl methyl sites for hydroxylation is 1. The van der Waals surface area contributed by atoms with Gasteiger partial charge < -0.3 is 10.6 Å². The predicted octanol–water partition coefficient (Wildman–Crippen LogP) is 4.97. The van der Waals surface area contributed by atoms with E-state index in [-0.39, 0.29) is 5.82 Å². The molecule has 5 heteroatoms. The average molecular weight is 326 g/mol. The predicted molar refractivity (Wildman–Crippen MR) is 96.1 cm³/mol. The SMILES string of the molecule is Cc1cc(NCCC2=CCCCC2)nc(Nc2cccc(F)c2)n1. The van der Waals surface area contributed by atoms with Crippen LogP contribution in [0.15, 0.2) is 42.0 Å². The molecule has 0 aliphatic heterocycles. The Labute approximate surface area is 142 Å². The van der Waals surface area contributed by atoms with Gasteiger partial charge in [-0.1, -0.05) is 17.7 Å². The van der Waals surface area contributed by atoms with Gasteiger partial charge in [0.2, 0.25) is 5.95 Å². The molecule has 0 saturated carbocycles. The molecule has 0 spiro atoms. The molecule has 1 heterocycles. The summed E-state index contributed by atoms with van der Waals surface area (Å²) in [4.78, 5) is 8.83. The lowest BCUT2D eigenvalue weighted by Gasteiger charge is -2.14. The van der Waals surface area contributed by atoms with Crippen molar-refractivity contribution in [3.05, 3.63) is 53.5 Å². The molecule has 3 rings (SSSR count). The van der Waals surface area contributed by atoms with Crippen LogP contribution in [-0.4, -0.2) is 16.5 Å². The zero-order valence-electron chi connectivity index (χ0n) is 14.0. The van der Waals surface area contributed by atoms with E-state index in [2.05, 4.69) is 26.7 Å². The fraction of sp³-hybridized carbons (Fsp3) is 0.368. The fourth-order valence-corrected chi connectivity index (χ4v) is 2.89. The molecule has 1 aromatic heterocycles. The quantitative estimate of drug-likeness (QED) is 0.736. The van der Waals surface area contributed by atoms with Gasteiger partial charge in [-0.2, -0.15) is 4.98 Å². The Kier molecular flexibility index (Phi) is 5.41. The molecule has 0 saturated heterocycles. The molecule has 1 aliphatic carbocycles. The van der Waals surface area contributed by atoms with Crippen molar-refractivity contribution in [2.45, 2.75) is 39.0 Å². The summed E-state index contributed by atoms with van der Waals surface area (Å²) in [6.45, 7) is 2.79. The second-order valence-corrected chi connectivity index (χ2v) is 6.14. The Morgan fingerprint density at radius 2 is 2.08 bits per heavy atom. The molecule has 2 N–H and O–H groups in total. The molecule has 1 aliphatic rings. The molecule has 4 nitrogen and oxygen atoms in total. The van der Waals surface area contributed by atoms with E-state index in [9.17, 15) is 4.39 Å². The fourth-order valence-electron chi connectivity index (χ4n) is 2.89. The first-order chi connectivity index (χ1) is 11.7. The highest BCUT2D eigenvalue weighted by Crippen LogP contribution is 2.20. The topological polar surface area (TPSA) is 49.8 Å². The van der Waals surface area contributed by atoms with Gasteiger partial charge >= 0.3 is 0 Å². The Balaban J connectivity index is 1.61. The van der Waals surface area contributed by atoms with Gasteiger partial charge in [-0.05, 0) is 57.2 Å². The molecule has 0 radical (unpaired) electrons. The van der Waals surface area contributed by atoms with Crippen LogP contribution in [0.1, 0.15) is 37.8 Å². The molecule has 126 valence electrons. The van der Waals surface area contributed by atoms with E-state index in [1.165, 1.54) is 43.4 Å². The summed E-state index contributed by atoms with van der Waals surface area (Å²) in [5.74, 6) is 0.976. The van der Waals surface area contributed by atoms with E-state index in [1.54, 1.807) is 12.1 Å². The van der Waals surface area contributed by atoms with E-state index in [4.69, 9.17) is 0 Å². The van der Waals surface area contributed by atoms with Gasteiger partial charge in [0.15, 0.2) is 0 Å². The molecule has 1 aromatic carbocycles. The number of benzene rings is 1. The summed E-state index contributed by atoms with van der Waals surface area (Å²) in [5, 5.41) is 6.42. The molecule has 24 heavy (non-hydrogen) atoms. The normalized spacial score (nSPS) is 14.2. The molecular weight excluding hydrogens is 303 g/mol. The Bertz CT molecular complexity index is 727. The number of allylic oxidation sites excluding steroid dienone is 1. The zero-order chi connectivity index (χ0) is 16.8. The lowest BCUT2D eigenvalue weighted by Crippen LogP contribution is -2.08. The highest BCUT2D eigenvalue weighted by molar-refractivity contribution is 5.55. The standard InChI is InChI=1S/C19H23FN4/c1-14-12-18(21-11-10-15-6-3-2-4-7-15)24-19(22-14)23-17-9-5-8-16(20)13-17/h5-6,8-9,12-13H,2-4,7,10-11H2,1H3,(H2,21,22,23,24). The molecule has 0 amide bonds. The Morgan fingerprint density at radius 3 is 2.88 bits per heavy atom. The minimum atomic E-state index is -0.285. The summed E-state index contributed by atoms with van der Waals surface area (Å²) < 4.78 is 13.3. The lowest BCUT2D eigenvalue weighted by atomic mass is 9.97. The van der Waals surface area contributed by atoms with Crippen LogP contribution in [0.3, 0.4) is 0 Å². The highest BCUT2D eigenvalue weighted by Gasteiger charge is 2.06. The zero-order valence-corrected chi connectivity index (χ0v) is 14.0. The van der Waals surface area contributed by atoms with Gasteiger partial charge in [0, 0.05) is 24.0 Å². The van der Waals surface area contributed by atoms with E-state index in [1.807, 2.05) is 13.0 Å². The minimum Gasteiger partial charge on any atom is -0.370 e. The van der Waals surface area contributed by atoms with Gasteiger partial charge in [-0.3, -0.25) is 0 Å². The van der Waals surface area contributed by atoms with Crippen LogP contribution in [0.4, 0.5) is 21.8 Å². The first kappa shape index (κ1) is 16.4. The van der Waals surface area contributed by atoms with Crippen molar-refractivity contribution in [2.75, 3.05) is 17.2 Å². The number of rotatable bonds is 6. The molecule has 0 fully saturated rings. The molecule has 0 bridgehead atoms. The summed E-state index contributed by atoms with van der Waals surface area (Å²) in [6.07, 6.45) is 8.47. The number of nitrogens with one attached hydrogen (secondary N) is 2. The van der Waals surface area contributed by atoms with Crippen LogP contribution in [-0.2, 0) is 0 Å². The highest BCUT2D eigenvalue weighted by atomic mass is 19.1. The van der Waals surface area contributed by atoms with Crippen molar-refractivity contribution in [3.63, 3.8) is 0 Å². The van der Waals surface area contributed by atoms with E-state index in [0.29, 0.717) is 11.6 Å². The largest absolute Gasteiger partial charge is 0.370 e. The van der Waals surface area contributed by atoms with Gasteiger partial charge in [0.05, 0.1) is 0 Å². The van der Waals surface area contributed by atoms with Crippen molar-refractivity contribution < 1.29 is 4.39 Å². The Morgan fingerprint density at radius 1 is 1.17 bits per heavy atom. The first-order valence-electron chi connectivity index (χ1n) is 8.49. The number of halogens is 1. The average Bonchev–Trinajstić information content (AvgIpc) is 2.55. The van der Waals surface area contributed by atoms with Crippen LogP contribution in [0.25, 0.3) is 0 Å². The van der Waals surface area contributed by atoms with Crippen LogP contribution in [0.2, 0.25) is 0 Å². The maximum Gasteiger partial charge on any atom is 0.229 e. The van der Waals surface area contributed by atoms with E-state index >= 15 is 0 Å². The number of anilines is 3. The van der Waals surface area contributed by atoms with Gasteiger partial charge in [0.25, 0.3) is 0 Å². The smallest absolute Gasteiger partial charge is 0.229 e. The summed E-state index contributed by atoms with van der Waals surface area (Å²) in [5.41, 5.74) is 3.04. The number of nitrogens with zero attached hydrogens (tertiary/aromatic N) is 2. The van der Waals surface area contributed by atoms with Crippen molar-refractivity contribution >= 4 is 17.5 Å². The second-order valence-electron chi connectivity index (χ2n) is 6.14. The maximum atomic E-state index is 13.3. The van der Waals surface area contributed by atoms with Crippen LogP contribution >= 0.6 is 0 Å². The third-order valence-electron chi connectivity index (χ3n) is 4.07. The monoisotopic (exact) mass is 326 g/mol. The Hall–Kier alpha value is -2.43. The summed E-state index contributed by atoms with van der Waals surface area (Å²) >= 11 is 0. The van der Waals surface area contributed by atoms with Crippen molar-refractivity contribution in [3.8, 4) is 0 Å². The van der Waals surface area contributed by atoms with Gasteiger partial charge in [-0.25, -0.2) is 9.37 Å². The summed E-state index contributed by atoms with van der Waals surface area (Å²) in [6, 6.07) is 8.21. The first-order valence-corrected chi connectivity index (χ1v) is 8.49. The maximum absolute atomic E-state index is 13.3. The molecule has 0 atom stereocenters. The summed E-state index contributed by atoms with van der Waals surface area (Å²) in [7, 11) is 0. The van der Waals surface area contributed by atoms with E-state index < -0.39 is 0 Å². The number of hydrogen-bond acceptors (Lipinski definition) is 4. The van der Waals surface area contributed by atoms with Gasteiger partial charge in [-0.15, -0.1) is 0 Å². The number of hydrogen-bond donors (Lipinski definition) is 2. The van der Waals surface area contributed by atoms with Crippen molar-refractivity contribution in [1.82, 2.24) is 9.97 Å². The van der Waals surface area contributed by atoms with Gasteiger partial charge in [0.1, 0.15) is 11.6 Å². The minimum absolute atomic E-state index is 0.285. The third-order valence-corrected chi connectivity index (χ3v) is 4.07. The van der Waals surface area contributed by atoms with E-state index in [0.717, 1.165) is 24.5 Å². The number of aromatic nitrogens is 2. The van der Waals surface area contributed by atoms with Crippen molar-refractivity contribution in [2.24, 2.45) is 0 Å². The molecule has 0 unspecified atom stereocenters. The van der Waals surface area contributed by atoms with Crippen LogP contribution < -0.4 is 10.6 Å². The lowest BCUT2D eigenvalue weighted by molar-refractivity contribution is 0.628. The second kappa shape index (κ2) is 7.90. The molecular formula is C19H23FN4. The third kappa shape index (κ3) is 4.78. The van der Waals surface area contributed by atoms with Crippen molar-refractivity contribution in [1.29, 1.82) is 0 Å².